The first-order valence-electron chi connectivity index (χ1n) is 7.34. The smallest absolute Gasteiger partial charge is 0.412 e. The van der Waals surface area contributed by atoms with E-state index in [0.717, 1.165) is 5.56 Å². The summed E-state index contributed by atoms with van der Waals surface area (Å²) in [6.45, 7) is 13.2. The Labute approximate surface area is 126 Å². The van der Waals surface area contributed by atoms with Crippen molar-refractivity contribution in [3.63, 3.8) is 0 Å². The Hall–Kier alpha value is -1.45. The summed E-state index contributed by atoms with van der Waals surface area (Å²) in [5.74, 6) is 0.683. The Kier molecular flexibility index (Phi) is 12.8. The highest BCUT2D eigenvalue weighted by molar-refractivity contribution is 5.27. The highest BCUT2D eigenvalue weighted by atomic mass is 19.4. The summed E-state index contributed by atoms with van der Waals surface area (Å²) in [4.78, 5) is 0. The van der Waals surface area contributed by atoms with Gasteiger partial charge in [-0.15, -0.1) is 0 Å². The van der Waals surface area contributed by atoms with Crippen molar-refractivity contribution in [2.24, 2.45) is 0 Å². The van der Waals surface area contributed by atoms with Crippen molar-refractivity contribution in [3.8, 4) is 5.75 Å². The van der Waals surface area contributed by atoms with Crippen LogP contribution in [-0.4, -0.2) is 12.8 Å². The summed E-state index contributed by atoms with van der Waals surface area (Å²) >= 11 is 0. The first-order chi connectivity index (χ1) is 9.89. The van der Waals surface area contributed by atoms with Gasteiger partial charge in [0, 0.05) is 5.57 Å². The lowest BCUT2D eigenvalue weighted by Gasteiger charge is -2.10. The number of alkyl halides is 3. The fourth-order valence-corrected chi connectivity index (χ4v) is 1.32. The molecule has 1 aromatic carbocycles. The SMILES string of the molecule is C=C(CCCOc1cccc(C)c1)C(F)(F)F.CC.CC. The van der Waals surface area contributed by atoms with E-state index in [1.165, 1.54) is 0 Å². The molecule has 0 aromatic heterocycles. The van der Waals surface area contributed by atoms with Gasteiger partial charge in [-0.2, -0.15) is 13.2 Å². The van der Waals surface area contributed by atoms with Gasteiger partial charge >= 0.3 is 6.18 Å². The minimum atomic E-state index is -4.29. The molecule has 0 atom stereocenters. The Bertz CT molecular complexity index is 384. The van der Waals surface area contributed by atoms with Gasteiger partial charge in [0.05, 0.1) is 6.61 Å². The molecule has 0 radical (unpaired) electrons. The number of allylic oxidation sites excluding steroid dienone is 1. The van der Waals surface area contributed by atoms with Crippen molar-refractivity contribution < 1.29 is 17.9 Å². The molecule has 0 heterocycles. The minimum absolute atomic E-state index is 0.0880. The second kappa shape index (κ2) is 12.3. The number of benzene rings is 1. The molecule has 0 N–H and O–H groups in total. The van der Waals surface area contributed by atoms with Crippen LogP contribution in [-0.2, 0) is 0 Å². The zero-order chi connectivity index (χ0) is 16.9. The molecule has 0 aliphatic rings. The monoisotopic (exact) mass is 304 g/mol. The zero-order valence-electron chi connectivity index (χ0n) is 13.7. The molecule has 1 rings (SSSR count). The maximum Gasteiger partial charge on any atom is 0.412 e. The Balaban J connectivity index is 0. The molecule has 1 aromatic rings. The van der Waals surface area contributed by atoms with Gasteiger partial charge in [-0.3, -0.25) is 0 Å². The molecule has 122 valence electrons. The second-order valence-corrected chi connectivity index (χ2v) is 3.87. The van der Waals surface area contributed by atoms with Crippen molar-refractivity contribution in [1.29, 1.82) is 0 Å². The van der Waals surface area contributed by atoms with Crippen LogP contribution in [0.5, 0.6) is 5.75 Å². The molecule has 0 bridgehead atoms. The van der Waals surface area contributed by atoms with Gasteiger partial charge in [-0.1, -0.05) is 46.4 Å². The van der Waals surface area contributed by atoms with Gasteiger partial charge in [0.25, 0.3) is 0 Å². The number of aryl methyl sites for hydroxylation is 1. The normalized spacial score (nSPS) is 9.71. The van der Waals surface area contributed by atoms with E-state index in [9.17, 15) is 13.2 Å². The van der Waals surface area contributed by atoms with E-state index in [-0.39, 0.29) is 13.0 Å². The van der Waals surface area contributed by atoms with Gasteiger partial charge in [0.2, 0.25) is 0 Å². The molecule has 0 aliphatic carbocycles. The molecular formula is C17H27F3O. The van der Waals surface area contributed by atoms with Crippen LogP contribution < -0.4 is 4.74 Å². The minimum Gasteiger partial charge on any atom is -0.494 e. The molecular weight excluding hydrogens is 277 g/mol. The predicted octanol–water partition coefficient (Wildman–Crippen LogP) is 6.32. The van der Waals surface area contributed by atoms with Crippen molar-refractivity contribution >= 4 is 0 Å². The quantitative estimate of drug-likeness (QED) is 0.456. The molecule has 0 unspecified atom stereocenters. The van der Waals surface area contributed by atoms with Crippen molar-refractivity contribution in [2.45, 2.75) is 53.6 Å². The summed E-state index contributed by atoms with van der Waals surface area (Å²) in [6.07, 6.45) is -4.06. The van der Waals surface area contributed by atoms with Crippen LogP contribution in [0, 0.1) is 6.92 Å². The highest BCUT2D eigenvalue weighted by Crippen LogP contribution is 2.27. The van der Waals surface area contributed by atoms with Gasteiger partial charge in [-0.05, 0) is 37.5 Å². The molecule has 0 spiro atoms. The maximum absolute atomic E-state index is 12.1. The summed E-state index contributed by atoms with van der Waals surface area (Å²) in [6, 6.07) is 7.40. The van der Waals surface area contributed by atoms with E-state index >= 15 is 0 Å². The van der Waals surface area contributed by atoms with Crippen molar-refractivity contribution in [3.05, 3.63) is 42.0 Å². The van der Waals surface area contributed by atoms with Crippen LogP contribution in [0.3, 0.4) is 0 Å². The standard InChI is InChI=1S/C13H15F3O.2C2H6/c1-10-5-3-7-12(9-10)17-8-4-6-11(2)13(14,15)16;2*1-2/h3,5,7,9H,2,4,6,8H2,1H3;2*1-2H3. The van der Waals surface area contributed by atoms with Gasteiger partial charge < -0.3 is 4.74 Å². The second-order valence-electron chi connectivity index (χ2n) is 3.87. The average Bonchev–Trinajstić information content (AvgIpc) is 2.47. The molecule has 4 heteroatoms. The lowest BCUT2D eigenvalue weighted by molar-refractivity contribution is -0.0938. The third kappa shape index (κ3) is 10.9. The van der Waals surface area contributed by atoms with Crippen LogP contribution in [0.2, 0.25) is 0 Å². The lowest BCUT2D eigenvalue weighted by Crippen LogP contribution is -2.11. The van der Waals surface area contributed by atoms with E-state index in [0.29, 0.717) is 12.2 Å². The van der Waals surface area contributed by atoms with Crippen molar-refractivity contribution in [2.75, 3.05) is 6.61 Å². The zero-order valence-corrected chi connectivity index (χ0v) is 13.7. The van der Waals surface area contributed by atoms with E-state index in [4.69, 9.17) is 4.74 Å². The number of ether oxygens (including phenoxy) is 1. The van der Waals surface area contributed by atoms with E-state index in [2.05, 4.69) is 6.58 Å². The highest BCUT2D eigenvalue weighted by Gasteiger charge is 2.30. The van der Waals surface area contributed by atoms with Crippen LogP contribution in [0.25, 0.3) is 0 Å². The van der Waals surface area contributed by atoms with E-state index in [1.54, 1.807) is 6.07 Å². The average molecular weight is 304 g/mol. The predicted molar refractivity (Wildman–Crippen MR) is 83.8 cm³/mol. The maximum atomic E-state index is 12.1. The molecule has 0 aliphatic heterocycles. The van der Waals surface area contributed by atoms with Crippen LogP contribution >= 0.6 is 0 Å². The van der Waals surface area contributed by atoms with Crippen LogP contribution in [0.4, 0.5) is 13.2 Å². The largest absolute Gasteiger partial charge is 0.494 e. The summed E-state index contributed by atoms with van der Waals surface area (Å²) < 4.78 is 41.7. The van der Waals surface area contributed by atoms with E-state index in [1.807, 2.05) is 52.8 Å². The number of hydrogen-bond acceptors (Lipinski definition) is 1. The van der Waals surface area contributed by atoms with Crippen LogP contribution in [0.15, 0.2) is 36.4 Å². The van der Waals surface area contributed by atoms with Crippen molar-refractivity contribution in [1.82, 2.24) is 0 Å². The van der Waals surface area contributed by atoms with E-state index < -0.39 is 11.7 Å². The van der Waals surface area contributed by atoms with Gasteiger partial charge in [0.1, 0.15) is 5.75 Å². The Morgan fingerprint density at radius 3 is 2.19 bits per heavy atom. The number of hydrogen-bond donors (Lipinski definition) is 0. The summed E-state index contributed by atoms with van der Waals surface area (Å²) in [5, 5.41) is 0. The summed E-state index contributed by atoms with van der Waals surface area (Å²) in [5.41, 5.74) is 0.354. The molecule has 0 saturated carbocycles. The van der Waals surface area contributed by atoms with Crippen LogP contribution in [0.1, 0.15) is 46.1 Å². The third-order valence-corrected chi connectivity index (χ3v) is 2.28. The van der Waals surface area contributed by atoms with Gasteiger partial charge in [-0.25, -0.2) is 0 Å². The third-order valence-electron chi connectivity index (χ3n) is 2.28. The molecule has 1 nitrogen and oxygen atoms in total. The molecule has 0 fully saturated rings. The first-order valence-corrected chi connectivity index (χ1v) is 7.34. The Morgan fingerprint density at radius 2 is 1.71 bits per heavy atom. The fraction of sp³-hybridized carbons (Fsp3) is 0.529. The van der Waals surface area contributed by atoms with Gasteiger partial charge in [0.15, 0.2) is 0 Å². The first kappa shape index (κ1) is 21.8. The summed E-state index contributed by atoms with van der Waals surface area (Å²) in [7, 11) is 0. The Morgan fingerprint density at radius 1 is 1.14 bits per heavy atom. The molecule has 21 heavy (non-hydrogen) atoms. The lowest BCUT2D eigenvalue weighted by atomic mass is 10.1. The number of rotatable bonds is 5. The number of halogens is 3. The molecule has 0 saturated heterocycles. The molecule has 0 amide bonds. The fourth-order valence-electron chi connectivity index (χ4n) is 1.32. The topological polar surface area (TPSA) is 9.23 Å².